The largest absolute Gasteiger partial charge is 0.342 e. The second-order valence-corrected chi connectivity index (χ2v) is 4.13. The number of rotatable bonds is 1. The second-order valence-electron chi connectivity index (χ2n) is 3.09. The average Bonchev–Trinajstić information content (AvgIpc) is 2.17. The summed E-state index contributed by atoms with van der Waals surface area (Å²) in [6, 6.07) is 7.81. The van der Waals surface area contributed by atoms with Crippen LogP contribution < -0.4 is 0 Å². The number of hydrogen-bond donors (Lipinski definition) is 1. The lowest BCUT2D eigenvalue weighted by Gasteiger charge is -2.04. The number of fused-ring (bicyclic) bond motifs is 1. The van der Waals surface area contributed by atoms with Crippen LogP contribution in [0.3, 0.4) is 0 Å². The molecule has 2 nitrogen and oxygen atoms in total. The molecule has 0 saturated carbocycles. The highest BCUT2D eigenvalue weighted by molar-refractivity contribution is 7.71. The van der Waals surface area contributed by atoms with E-state index < -0.39 is 0 Å². The van der Waals surface area contributed by atoms with Gasteiger partial charge in [0.1, 0.15) is 10.5 Å². The van der Waals surface area contributed by atoms with Crippen molar-refractivity contribution in [3.63, 3.8) is 0 Å². The minimum atomic E-state index is -0.152. The number of nitrogens with zero attached hydrogens (tertiary/aromatic N) is 1. The van der Waals surface area contributed by atoms with Crippen LogP contribution >= 0.6 is 23.8 Å². The van der Waals surface area contributed by atoms with E-state index in [9.17, 15) is 0 Å². The van der Waals surface area contributed by atoms with E-state index in [0.29, 0.717) is 4.64 Å². The van der Waals surface area contributed by atoms with Crippen molar-refractivity contribution in [3.05, 3.63) is 34.7 Å². The molecule has 14 heavy (non-hydrogen) atoms. The fourth-order valence-electron chi connectivity index (χ4n) is 1.30. The maximum Gasteiger partial charge on any atom is 0.137 e. The molecule has 1 N–H and O–H groups in total. The zero-order chi connectivity index (χ0) is 10.1. The maximum atomic E-state index is 5.94. The quantitative estimate of drug-likeness (QED) is 0.593. The summed E-state index contributed by atoms with van der Waals surface area (Å²) in [5, 5.41) is 0.810. The summed E-state index contributed by atoms with van der Waals surface area (Å²) >= 11 is 11.1. The zero-order valence-electron chi connectivity index (χ0n) is 7.62. The minimum absolute atomic E-state index is 0.152. The molecule has 1 aromatic carbocycles. The first kappa shape index (κ1) is 9.62. The van der Waals surface area contributed by atoms with Crippen LogP contribution in [0.15, 0.2) is 24.3 Å². The molecule has 0 aliphatic carbocycles. The monoisotopic (exact) mass is 224 g/mol. The molecule has 0 aliphatic heterocycles. The van der Waals surface area contributed by atoms with E-state index in [1.165, 1.54) is 0 Å². The number of hydrogen-bond acceptors (Lipinski definition) is 2. The van der Waals surface area contributed by atoms with Gasteiger partial charge in [-0.1, -0.05) is 24.4 Å². The number of H-pyrrole nitrogens is 1. The molecule has 0 amide bonds. The van der Waals surface area contributed by atoms with E-state index in [2.05, 4.69) is 9.97 Å². The fourth-order valence-corrected chi connectivity index (χ4v) is 1.68. The predicted molar refractivity (Wildman–Crippen MR) is 61.2 cm³/mol. The van der Waals surface area contributed by atoms with Crippen LogP contribution in [0.4, 0.5) is 0 Å². The molecule has 1 aromatic heterocycles. The maximum absolute atomic E-state index is 5.94. The lowest BCUT2D eigenvalue weighted by Crippen LogP contribution is -1.96. The van der Waals surface area contributed by atoms with Gasteiger partial charge in [0.15, 0.2) is 0 Å². The first-order valence-electron chi connectivity index (χ1n) is 4.31. The Bertz CT molecular complexity index is 519. The van der Waals surface area contributed by atoms with Crippen LogP contribution in [0.25, 0.3) is 10.9 Å². The van der Waals surface area contributed by atoms with E-state index in [1.807, 2.05) is 31.2 Å². The van der Waals surface area contributed by atoms with E-state index in [1.54, 1.807) is 0 Å². The van der Waals surface area contributed by atoms with Crippen LogP contribution in [0.2, 0.25) is 0 Å². The van der Waals surface area contributed by atoms with Crippen LogP contribution in [0, 0.1) is 4.64 Å². The third-order valence-corrected chi connectivity index (χ3v) is 2.54. The van der Waals surface area contributed by atoms with Crippen molar-refractivity contribution in [2.75, 3.05) is 0 Å². The molecule has 2 rings (SSSR count). The van der Waals surface area contributed by atoms with E-state index in [4.69, 9.17) is 23.8 Å². The number of nitrogens with one attached hydrogen (secondary N) is 1. The van der Waals surface area contributed by atoms with E-state index in [-0.39, 0.29) is 5.38 Å². The highest BCUT2D eigenvalue weighted by Gasteiger charge is 2.05. The molecule has 1 unspecified atom stereocenters. The summed E-state index contributed by atoms with van der Waals surface area (Å²) in [5.41, 5.74) is 0.981. The summed E-state index contributed by atoms with van der Waals surface area (Å²) < 4.78 is 0.599. The second kappa shape index (κ2) is 3.67. The van der Waals surface area contributed by atoms with Gasteiger partial charge in [-0.25, -0.2) is 4.98 Å². The molecule has 0 spiro atoms. The van der Waals surface area contributed by atoms with Crippen LogP contribution in [-0.4, -0.2) is 9.97 Å². The molecular formula is C10H9ClN2S. The van der Waals surface area contributed by atoms with Crippen molar-refractivity contribution in [1.82, 2.24) is 9.97 Å². The Morgan fingerprint density at radius 1 is 1.43 bits per heavy atom. The molecule has 1 heterocycles. The molecule has 2 aromatic rings. The lowest BCUT2D eigenvalue weighted by atomic mass is 10.2. The van der Waals surface area contributed by atoms with Gasteiger partial charge in [0.2, 0.25) is 0 Å². The average molecular weight is 225 g/mol. The number of halogens is 1. The van der Waals surface area contributed by atoms with Gasteiger partial charge in [0.05, 0.1) is 5.38 Å². The SMILES string of the molecule is CC(Cl)c1nc(=S)c2ccccc2[nH]1. The Balaban J connectivity index is 2.79. The van der Waals surface area contributed by atoms with Crippen molar-refractivity contribution in [3.8, 4) is 0 Å². The zero-order valence-corrected chi connectivity index (χ0v) is 9.19. The third kappa shape index (κ3) is 1.65. The van der Waals surface area contributed by atoms with Crippen molar-refractivity contribution in [2.24, 2.45) is 0 Å². The molecular weight excluding hydrogens is 216 g/mol. The van der Waals surface area contributed by atoms with Gasteiger partial charge in [-0.05, 0) is 19.1 Å². The molecule has 0 saturated heterocycles. The predicted octanol–water partition coefficient (Wildman–Crippen LogP) is 3.59. The van der Waals surface area contributed by atoms with Crippen molar-refractivity contribution in [1.29, 1.82) is 0 Å². The summed E-state index contributed by atoms with van der Waals surface area (Å²) in [6.45, 7) is 1.87. The van der Waals surface area contributed by atoms with Crippen LogP contribution in [-0.2, 0) is 0 Å². The van der Waals surface area contributed by atoms with Gasteiger partial charge in [0, 0.05) is 10.9 Å². The number of aromatic amines is 1. The Labute approximate surface area is 91.9 Å². The molecule has 0 bridgehead atoms. The lowest BCUT2D eigenvalue weighted by molar-refractivity contribution is 0.923. The van der Waals surface area contributed by atoms with Gasteiger partial charge >= 0.3 is 0 Å². The van der Waals surface area contributed by atoms with E-state index >= 15 is 0 Å². The third-order valence-electron chi connectivity index (χ3n) is 2.02. The van der Waals surface area contributed by atoms with Gasteiger partial charge in [-0.3, -0.25) is 0 Å². The van der Waals surface area contributed by atoms with Crippen LogP contribution in [0.5, 0.6) is 0 Å². The number of aromatic nitrogens is 2. The van der Waals surface area contributed by atoms with Gasteiger partial charge in [-0.15, -0.1) is 11.6 Å². The van der Waals surface area contributed by atoms with Gasteiger partial charge in [0.25, 0.3) is 0 Å². The number of para-hydroxylation sites is 1. The van der Waals surface area contributed by atoms with E-state index in [0.717, 1.165) is 16.7 Å². The molecule has 1 atom stereocenters. The van der Waals surface area contributed by atoms with Crippen molar-refractivity contribution in [2.45, 2.75) is 12.3 Å². The Hall–Kier alpha value is -0.930. The Morgan fingerprint density at radius 2 is 2.14 bits per heavy atom. The Morgan fingerprint density at radius 3 is 2.86 bits per heavy atom. The standard InChI is InChI=1S/C10H9ClN2S/c1-6(11)9-12-8-5-3-2-4-7(8)10(14)13-9/h2-6H,1H3,(H,12,13,14). The molecule has 0 fully saturated rings. The van der Waals surface area contributed by atoms with Crippen molar-refractivity contribution >= 4 is 34.7 Å². The summed E-state index contributed by atoms with van der Waals surface area (Å²) in [5.74, 6) is 0.718. The first-order valence-corrected chi connectivity index (χ1v) is 5.16. The summed E-state index contributed by atoms with van der Waals surface area (Å²) in [4.78, 5) is 7.39. The van der Waals surface area contributed by atoms with Crippen LogP contribution in [0.1, 0.15) is 18.1 Å². The fraction of sp³-hybridized carbons (Fsp3) is 0.200. The Kier molecular flexibility index (Phi) is 2.52. The normalized spacial score (nSPS) is 13.0. The molecule has 4 heteroatoms. The molecule has 72 valence electrons. The number of benzene rings is 1. The topological polar surface area (TPSA) is 28.7 Å². The molecule has 0 aliphatic rings. The highest BCUT2D eigenvalue weighted by atomic mass is 35.5. The first-order chi connectivity index (χ1) is 6.68. The molecule has 0 radical (unpaired) electrons. The smallest absolute Gasteiger partial charge is 0.137 e. The van der Waals surface area contributed by atoms with Gasteiger partial charge < -0.3 is 4.98 Å². The highest BCUT2D eigenvalue weighted by Crippen LogP contribution is 2.18. The summed E-state index contributed by atoms with van der Waals surface area (Å²) in [6.07, 6.45) is 0. The minimum Gasteiger partial charge on any atom is -0.342 e. The summed E-state index contributed by atoms with van der Waals surface area (Å²) in [7, 11) is 0. The van der Waals surface area contributed by atoms with Crippen molar-refractivity contribution < 1.29 is 0 Å². The number of alkyl halides is 1. The van der Waals surface area contributed by atoms with Gasteiger partial charge in [-0.2, -0.15) is 0 Å².